The van der Waals surface area contributed by atoms with Gasteiger partial charge < -0.3 is 10.2 Å². The predicted octanol–water partition coefficient (Wildman–Crippen LogP) is 5.11. The van der Waals surface area contributed by atoms with Gasteiger partial charge in [0.2, 0.25) is 0 Å². The van der Waals surface area contributed by atoms with Crippen LogP contribution in [0.4, 0.5) is 0 Å². The van der Waals surface area contributed by atoms with Gasteiger partial charge in [-0.2, -0.15) is 23.5 Å². The summed E-state index contributed by atoms with van der Waals surface area (Å²) in [6, 6.07) is 14.8. The van der Waals surface area contributed by atoms with Crippen LogP contribution in [0.1, 0.15) is 53.7 Å². The van der Waals surface area contributed by atoms with Gasteiger partial charge in [0.05, 0.1) is 12.8 Å². The van der Waals surface area contributed by atoms with Gasteiger partial charge in [0.15, 0.2) is 5.78 Å². The molecule has 2 N–H and O–H groups in total. The van der Waals surface area contributed by atoms with E-state index in [2.05, 4.69) is 0 Å². The van der Waals surface area contributed by atoms with Crippen LogP contribution in [-0.2, 0) is 21.1 Å². The predicted molar refractivity (Wildman–Crippen MR) is 122 cm³/mol. The number of hydrogen-bond acceptors (Lipinski definition) is 5. The minimum Gasteiger partial charge on any atom is -0.481 e. The van der Waals surface area contributed by atoms with Gasteiger partial charge >= 0.3 is 11.9 Å². The molecule has 0 fully saturated rings. The highest BCUT2D eigenvalue weighted by Crippen LogP contribution is 2.22. The maximum absolute atomic E-state index is 12.7. The summed E-state index contributed by atoms with van der Waals surface area (Å²) in [5.74, 6) is -0.233. The van der Waals surface area contributed by atoms with Crippen LogP contribution in [0.5, 0.6) is 0 Å². The van der Waals surface area contributed by atoms with Crippen LogP contribution < -0.4 is 0 Å². The fraction of sp³-hybridized carbons (Fsp3) is 0.348. The Labute approximate surface area is 185 Å². The zero-order valence-electron chi connectivity index (χ0n) is 17.0. The van der Waals surface area contributed by atoms with Crippen molar-refractivity contribution in [1.82, 2.24) is 0 Å². The van der Waals surface area contributed by atoms with Crippen molar-refractivity contribution < 1.29 is 24.6 Å². The number of carboxylic acid groups (broad SMARTS) is 2. The van der Waals surface area contributed by atoms with Crippen molar-refractivity contribution in [2.24, 2.45) is 0 Å². The highest BCUT2D eigenvalue weighted by Gasteiger charge is 2.12. The van der Waals surface area contributed by atoms with Crippen LogP contribution in [0.25, 0.3) is 0 Å². The molecule has 0 saturated carbocycles. The minimum atomic E-state index is -0.796. The molecule has 0 aliphatic carbocycles. The summed E-state index contributed by atoms with van der Waals surface area (Å²) in [6.07, 6.45) is 0.266. The zero-order valence-corrected chi connectivity index (χ0v) is 18.7. The largest absolute Gasteiger partial charge is 0.481 e. The first kappa shape index (κ1) is 24.0. The maximum Gasteiger partial charge on any atom is 0.304 e. The van der Waals surface area contributed by atoms with Crippen LogP contribution >= 0.6 is 23.5 Å². The zero-order chi connectivity index (χ0) is 22.1. The Kier molecular flexibility index (Phi) is 9.46. The number of ketones is 1. The molecule has 0 radical (unpaired) electrons. The third-order valence-electron chi connectivity index (χ3n) is 4.43. The van der Waals surface area contributed by atoms with E-state index < -0.39 is 11.9 Å². The fourth-order valence-corrected chi connectivity index (χ4v) is 4.62. The summed E-state index contributed by atoms with van der Waals surface area (Å²) in [5.41, 5.74) is 3.33. The van der Waals surface area contributed by atoms with Crippen LogP contribution in [0.2, 0.25) is 0 Å². The third-order valence-corrected chi connectivity index (χ3v) is 6.90. The second-order valence-corrected chi connectivity index (χ2v) is 10.0. The first-order chi connectivity index (χ1) is 14.2. The van der Waals surface area contributed by atoms with Gasteiger partial charge in [0, 0.05) is 33.1 Å². The van der Waals surface area contributed by atoms with E-state index in [4.69, 9.17) is 10.2 Å². The molecular weight excluding hydrogens is 420 g/mol. The molecule has 0 spiro atoms. The second kappa shape index (κ2) is 11.8. The normalized spacial score (nSPS) is 12.9. The van der Waals surface area contributed by atoms with Gasteiger partial charge in [-0.25, -0.2) is 0 Å². The number of aliphatic carboxylic acids is 2. The lowest BCUT2D eigenvalue weighted by Crippen LogP contribution is -2.06. The van der Waals surface area contributed by atoms with E-state index in [0.717, 1.165) is 11.1 Å². The van der Waals surface area contributed by atoms with Gasteiger partial charge in [-0.05, 0) is 11.1 Å². The van der Waals surface area contributed by atoms with E-state index in [1.165, 1.54) is 0 Å². The minimum absolute atomic E-state index is 0.0348. The smallest absolute Gasteiger partial charge is 0.304 e. The Morgan fingerprint density at radius 1 is 0.700 bits per heavy atom. The molecule has 0 aromatic heterocycles. The molecule has 2 atom stereocenters. The first-order valence-electron chi connectivity index (χ1n) is 9.64. The molecule has 0 aliphatic rings. The van der Waals surface area contributed by atoms with Crippen LogP contribution in [-0.4, -0.2) is 38.4 Å². The highest BCUT2D eigenvalue weighted by molar-refractivity contribution is 7.99. The van der Waals surface area contributed by atoms with Gasteiger partial charge in [-0.15, -0.1) is 0 Å². The molecule has 2 unspecified atom stereocenters. The second-order valence-electron chi connectivity index (χ2n) is 7.16. The van der Waals surface area contributed by atoms with Crippen molar-refractivity contribution in [1.29, 1.82) is 0 Å². The highest BCUT2D eigenvalue weighted by atomic mass is 32.2. The lowest BCUT2D eigenvalue weighted by atomic mass is 10.0. The summed E-state index contributed by atoms with van der Waals surface area (Å²) < 4.78 is 0. The van der Waals surface area contributed by atoms with Crippen molar-refractivity contribution in [2.45, 2.75) is 48.7 Å². The van der Waals surface area contributed by atoms with Crippen molar-refractivity contribution in [2.75, 3.05) is 0 Å². The topological polar surface area (TPSA) is 91.7 Å². The number of carbonyl (C=O) groups is 3. The van der Waals surface area contributed by atoms with E-state index in [0.29, 0.717) is 22.6 Å². The summed E-state index contributed by atoms with van der Waals surface area (Å²) in [6.45, 7) is 3.79. The standard InChI is InChI=1S/C23H26O5S2/c1-15(11-21(24)25)29-13-17-3-7-19(8-4-17)23(28)20-9-5-18(6-10-20)14-30-16(2)12-22(26)27/h3-10,15-16H,11-14H2,1-2H3,(H,24,25)(H,26,27). The molecule has 0 aliphatic heterocycles. The Balaban J connectivity index is 1.90. The SMILES string of the molecule is CC(CC(=O)O)SCc1ccc(C(=O)c2ccc(CSC(C)CC(=O)O)cc2)cc1. The van der Waals surface area contributed by atoms with Gasteiger partial charge in [-0.3, -0.25) is 14.4 Å². The lowest BCUT2D eigenvalue weighted by Gasteiger charge is -2.10. The van der Waals surface area contributed by atoms with E-state index in [1.807, 2.05) is 38.1 Å². The van der Waals surface area contributed by atoms with Crippen LogP contribution in [0.3, 0.4) is 0 Å². The molecule has 30 heavy (non-hydrogen) atoms. The van der Waals surface area contributed by atoms with E-state index in [1.54, 1.807) is 47.8 Å². The summed E-state index contributed by atoms with van der Waals surface area (Å²) >= 11 is 3.16. The third kappa shape index (κ3) is 8.24. The number of thioether (sulfide) groups is 2. The van der Waals surface area contributed by atoms with Crippen molar-refractivity contribution in [3.63, 3.8) is 0 Å². The molecule has 2 aromatic carbocycles. The van der Waals surface area contributed by atoms with Crippen molar-refractivity contribution >= 4 is 41.2 Å². The molecule has 0 heterocycles. The summed E-state index contributed by atoms with van der Waals surface area (Å²) in [4.78, 5) is 34.2. The van der Waals surface area contributed by atoms with Gasteiger partial charge in [0.1, 0.15) is 0 Å². The molecule has 2 rings (SSSR count). The monoisotopic (exact) mass is 446 g/mol. The van der Waals surface area contributed by atoms with Crippen LogP contribution in [0, 0.1) is 0 Å². The molecular formula is C23H26O5S2. The van der Waals surface area contributed by atoms with Crippen molar-refractivity contribution in [3.05, 3.63) is 70.8 Å². The molecule has 0 saturated heterocycles. The number of hydrogen-bond donors (Lipinski definition) is 2. The molecule has 2 aromatic rings. The number of carbonyl (C=O) groups excluding carboxylic acids is 1. The Hall–Kier alpha value is -2.25. The Bertz CT molecular complexity index is 791. The van der Waals surface area contributed by atoms with Crippen molar-refractivity contribution in [3.8, 4) is 0 Å². The quantitative estimate of drug-likeness (QED) is 0.438. The number of rotatable bonds is 12. The van der Waals surface area contributed by atoms with E-state index in [9.17, 15) is 14.4 Å². The van der Waals surface area contributed by atoms with E-state index >= 15 is 0 Å². The Morgan fingerprint density at radius 3 is 1.33 bits per heavy atom. The molecule has 7 heteroatoms. The molecule has 5 nitrogen and oxygen atoms in total. The first-order valence-corrected chi connectivity index (χ1v) is 11.7. The molecule has 0 amide bonds. The average molecular weight is 447 g/mol. The van der Waals surface area contributed by atoms with Crippen LogP contribution in [0.15, 0.2) is 48.5 Å². The summed E-state index contributed by atoms with van der Waals surface area (Å²) in [5, 5.41) is 17.7. The summed E-state index contributed by atoms with van der Waals surface area (Å²) in [7, 11) is 0. The van der Waals surface area contributed by atoms with E-state index in [-0.39, 0.29) is 29.1 Å². The number of benzene rings is 2. The lowest BCUT2D eigenvalue weighted by molar-refractivity contribution is -0.137. The maximum atomic E-state index is 12.7. The number of carboxylic acids is 2. The molecule has 0 bridgehead atoms. The van der Waals surface area contributed by atoms with Gasteiger partial charge in [-0.1, -0.05) is 62.4 Å². The van der Waals surface area contributed by atoms with Gasteiger partial charge in [0.25, 0.3) is 0 Å². The fourth-order valence-electron chi connectivity index (χ4n) is 2.76. The average Bonchev–Trinajstić information content (AvgIpc) is 2.70. The molecule has 160 valence electrons. The Morgan fingerprint density at radius 2 is 1.03 bits per heavy atom.